The van der Waals surface area contributed by atoms with Crippen LogP contribution >= 0.6 is 0 Å². The highest BCUT2D eigenvalue weighted by molar-refractivity contribution is 6.46. The topological polar surface area (TPSA) is 49.9 Å². The SMILES string of the molecule is COc1ccccc1C1=C(N2CCc3ccccc32)C(=O)N(c2ccc(C(C)(C)C)cc2)C1=O. The molecule has 5 heteroatoms. The van der Waals surface area contributed by atoms with Crippen molar-refractivity contribution in [3.8, 4) is 5.75 Å². The number of carbonyl (C=O) groups is 2. The predicted molar refractivity (Wildman–Crippen MR) is 135 cm³/mol. The highest BCUT2D eigenvalue weighted by Crippen LogP contribution is 2.42. The van der Waals surface area contributed by atoms with Gasteiger partial charge in [-0.25, -0.2) is 4.90 Å². The summed E-state index contributed by atoms with van der Waals surface area (Å²) in [5.41, 5.74) is 5.22. The molecule has 2 heterocycles. The molecular formula is C29H28N2O3. The van der Waals surface area contributed by atoms with Gasteiger partial charge in [0.1, 0.15) is 11.4 Å². The van der Waals surface area contributed by atoms with Gasteiger partial charge in [0.15, 0.2) is 0 Å². The van der Waals surface area contributed by atoms with E-state index >= 15 is 0 Å². The number of amides is 2. The lowest BCUT2D eigenvalue weighted by atomic mass is 9.87. The molecule has 34 heavy (non-hydrogen) atoms. The Morgan fingerprint density at radius 3 is 2.21 bits per heavy atom. The Hall–Kier alpha value is -3.86. The lowest BCUT2D eigenvalue weighted by molar-refractivity contribution is -0.120. The van der Waals surface area contributed by atoms with Crippen LogP contribution in [0.1, 0.15) is 37.5 Å². The van der Waals surface area contributed by atoms with E-state index in [4.69, 9.17) is 4.74 Å². The lowest BCUT2D eigenvalue weighted by Gasteiger charge is -2.23. The van der Waals surface area contributed by atoms with Crippen molar-refractivity contribution in [2.24, 2.45) is 0 Å². The molecule has 0 saturated carbocycles. The Morgan fingerprint density at radius 1 is 0.824 bits per heavy atom. The summed E-state index contributed by atoms with van der Waals surface area (Å²) >= 11 is 0. The van der Waals surface area contributed by atoms with Crippen LogP contribution in [0.3, 0.4) is 0 Å². The molecule has 0 aliphatic carbocycles. The molecule has 5 rings (SSSR count). The molecule has 0 unspecified atom stereocenters. The van der Waals surface area contributed by atoms with Crippen LogP contribution in [0.15, 0.2) is 78.5 Å². The number of anilines is 2. The summed E-state index contributed by atoms with van der Waals surface area (Å²) in [6, 6.07) is 23.1. The maximum Gasteiger partial charge on any atom is 0.282 e. The predicted octanol–water partition coefficient (Wildman–Crippen LogP) is 5.34. The van der Waals surface area contributed by atoms with Crippen LogP contribution in [0.2, 0.25) is 0 Å². The van der Waals surface area contributed by atoms with Crippen LogP contribution in [-0.2, 0) is 21.4 Å². The van der Waals surface area contributed by atoms with Crippen LogP contribution in [0, 0.1) is 0 Å². The van der Waals surface area contributed by atoms with Crippen LogP contribution in [0.4, 0.5) is 11.4 Å². The number of ether oxygens (including phenoxy) is 1. The zero-order chi connectivity index (χ0) is 24.0. The number of benzene rings is 3. The van der Waals surface area contributed by atoms with E-state index in [2.05, 4.69) is 26.8 Å². The summed E-state index contributed by atoms with van der Waals surface area (Å²) in [5.74, 6) is -0.0860. The van der Waals surface area contributed by atoms with E-state index in [0.717, 1.165) is 17.7 Å². The third kappa shape index (κ3) is 3.48. The van der Waals surface area contributed by atoms with Gasteiger partial charge in [0, 0.05) is 17.8 Å². The number of methoxy groups -OCH3 is 1. The molecule has 2 aliphatic heterocycles. The third-order valence-corrected chi connectivity index (χ3v) is 6.58. The molecule has 0 saturated heterocycles. The molecule has 2 amide bonds. The minimum Gasteiger partial charge on any atom is -0.496 e. The number of fused-ring (bicyclic) bond motifs is 1. The zero-order valence-electron chi connectivity index (χ0n) is 20.0. The number of nitrogens with zero attached hydrogens (tertiary/aromatic N) is 2. The van der Waals surface area contributed by atoms with Crippen LogP contribution in [0.25, 0.3) is 5.57 Å². The Morgan fingerprint density at radius 2 is 1.50 bits per heavy atom. The number of carbonyl (C=O) groups excluding carboxylic acids is 2. The molecular weight excluding hydrogens is 424 g/mol. The highest BCUT2D eigenvalue weighted by atomic mass is 16.5. The number of para-hydroxylation sites is 2. The Labute approximate surface area is 200 Å². The maximum absolute atomic E-state index is 13.9. The van der Waals surface area contributed by atoms with Gasteiger partial charge in [-0.05, 0) is 47.2 Å². The first kappa shape index (κ1) is 22.0. The fourth-order valence-electron chi connectivity index (χ4n) is 4.78. The van der Waals surface area contributed by atoms with E-state index < -0.39 is 0 Å². The first-order valence-corrected chi connectivity index (χ1v) is 11.5. The summed E-state index contributed by atoms with van der Waals surface area (Å²) in [6.45, 7) is 7.05. The second kappa shape index (κ2) is 8.17. The first-order chi connectivity index (χ1) is 16.3. The Balaban J connectivity index is 1.66. The van der Waals surface area contributed by atoms with Crippen molar-refractivity contribution < 1.29 is 14.3 Å². The lowest BCUT2D eigenvalue weighted by Crippen LogP contribution is -2.35. The van der Waals surface area contributed by atoms with Crippen LogP contribution in [-0.4, -0.2) is 25.5 Å². The van der Waals surface area contributed by atoms with Crippen molar-refractivity contribution in [3.05, 3.63) is 95.2 Å². The fraction of sp³-hybridized carbons (Fsp3) is 0.241. The first-order valence-electron chi connectivity index (χ1n) is 11.5. The Bertz CT molecular complexity index is 1320. The quantitative estimate of drug-likeness (QED) is 0.502. The van der Waals surface area contributed by atoms with Crippen molar-refractivity contribution in [2.45, 2.75) is 32.6 Å². The zero-order valence-corrected chi connectivity index (χ0v) is 20.0. The minimum absolute atomic E-state index is 0.0250. The van der Waals surface area contributed by atoms with Gasteiger partial charge in [0.25, 0.3) is 11.8 Å². The van der Waals surface area contributed by atoms with E-state index in [1.54, 1.807) is 7.11 Å². The van der Waals surface area contributed by atoms with Crippen molar-refractivity contribution in [2.75, 3.05) is 23.5 Å². The molecule has 0 radical (unpaired) electrons. The largest absolute Gasteiger partial charge is 0.496 e. The second-order valence-corrected chi connectivity index (χ2v) is 9.70. The van der Waals surface area contributed by atoms with E-state index in [-0.39, 0.29) is 17.2 Å². The average molecular weight is 453 g/mol. The summed E-state index contributed by atoms with van der Waals surface area (Å²) in [4.78, 5) is 31.1. The van der Waals surface area contributed by atoms with Gasteiger partial charge >= 0.3 is 0 Å². The molecule has 2 aliphatic rings. The van der Waals surface area contributed by atoms with Gasteiger partial charge in [-0.1, -0.05) is 69.3 Å². The molecule has 0 bridgehead atoms. The van der Waals surface area contributed by atoms with Crippen molar-refractivity contribution in [1.82, 2.24) is 0 Å². The van der Waals surface area contributed by atoms with Crippen molar-refractivity contribution in [1.29, 1.82) is 0 Å². The van der Waals surface area contributed by atoms with Crippen molar-refractivity contribution in [3.63, 3.8) is 0 Å². The molecule has 0 N–H and O–H groups in total. The van der Waals surface area contributed by atoms with Gasteiger partial charge in [0.2, 0.25) is 0 Å². The number of rotatable bonds is 4. The summed E-state index contributed by atoms with van der Waals surface area (Å²) in [7, 11) is 1.58. The number of hydrogen-bond acceptors (Lipinski definition) is 4. The fourth-order valence-corrected chi connectivity index (χ4v) is 4.78. The average Bonchev–Trinajstić information content (AvgIpc) is 3.36. The molecule has 0 atom stereocenters. The summed E-state index contributed by atoms with van der Waals surface area (Å²) in [6.07, 6.45) is 0.820. The van der Waals surface area contributed by atoms with Gasteiger partial charge in [0.05, 0.1) is 18.4 Å². The molecule has 0 fully saturated rings. The second-order valence-electron chi connectivity index (χ2n) is 9.70. The molecule has 5 nitrogen and oxygen atoms in total. The summed E-state index contributed by atoms with van der Waals surface area (Å²) < 4.78 is 5.58. The molecule has 0 spiro atoms. The van der Waals surface area contributed by atoms with E-state index in [0.29, 0.717) is 34.8 Å². The van der Waals surface area contributed by atoms with Gasteiger partial charge < -0.3 is 9.64 Å². The van der Waals surface area contributed by atoms with Gasteiger partial charge in [-0.2, -0.15) is 0 Å². The van der Waals surface area contributed by atoms with E-state index in [9.17, 15) is 9.59 Å². The third-order valence-electron chi connectivity index (χ3n) is 6.58. The normalized spacial score (nSPS) is 15.9. The Kier molecular flexibility index (Phi) is 5.28. The van der Waals surface area contributed by atoms with Gasteiger partial charge in [-0.15, -0.1) is 0 Å². The highest BCUT2D eigenvalue weighted by Gasteiger charge is 2.44. The van der Waals surface area contributed by atoms with Crippen molar-refractivity contribution >= 4 is 28.8 Å². The molecule has 0 aromatic heterocycles. The molecule has 172 valence electrons. The smallest absolute Gasteiger partial charge is 0.282 e. The van der Waals surface area contributed by atoms with Crippen LogP contribution < -0.4 is 14.5 Å². The standard InChI is InChI=1S/C29H28N2O3/c1-29(2,3)20-13-15-21(16-14-20)31-27(32)25(22-10-6-8-12-24(22)34-4)26(28(31)33)30-18-17-19-9-5-7-11-23(19)30/h5-16H,17-18H2,1-4H3. The minimum atomic E-state index is -0.336. The van der Waals surface area contributed by atoms with E-state index in [1.807, 2.05) is 71.6 Å². The van der Waals surface area contributed by atoms with Crippen LogP contribution in [0.5, 0.6) is 5.75 Å². The molecule has 3 aromatic rings. The van der Waals surface area contributed by atoms with Gasteiger partial charge in [-0.3, -0.25) is 9.59 Å². The maximum atomic E-state index is 13.9. The molecule has 3 aromatic carbocycles. The monoisotopic (exact) mass is 452 g/mol. The summed E-state index contributed by atoms with van der Waals surface area (Å²) in [5, 5.41) is 0. The number of hydrogen-bond donors (Lipinski definition) is 0. The van der Waals surface area contributed by atoms with E-state index in [1.165, 1.54) is 10.5 Å². The number of imide groups is 1.